The Morgan fingerprint density at radius 1 is 0.976 bits per heavy atom. The van der Waals surface area contributed by atoms with Gasteiger partial charge in [-0.25, -0.2) is 0 Å². The van der Waals surface area contributed by atoms with Gasteiger partial charge in [-0.05, 0) is 138 Å². The summed E-state index contributed by atoms with van der Waals surface area (Å²) in [5.41, 5.74) is 3.08. The van der Waals surface area contributed by atoms with Crippen LogP contribution in [0.5, 0.6) is 0 Å². The maximum atomic E-state index is 12.4. The summed E-state index contributed by atoms with van der Waals surface area (Å²) in [6.07, 6.45) is 17.1. The summed E-state index contributed by atoms with van der Waals surface area (Å²) in [4.78, 5) is 12.4. The van der Waals surface area contributed by atoms with Crippen LogP contribution in [-0.4, -0.2) is 34.5 Å². The van der Waals surface area contributed by atoms with E-state index in [0.717, 1.165) is 32.1 Å². The van der Waals surface area contributed by atoms with E-state index in [1.54, 1.807) is 19.4 Å². The molecule has 3 aliphatic rings. The van der Waals surface area contributed by atoms with Gasteiger partial charge >= 0.3 is 5.97 Å². The van der Waals surface area contributed by atoms with Gasteiger partial charge in [-0.15, -0.1) is 0 Å². The number of aliphatic hydroxyl groups excluding tert-OH is 1. The van der Waals surface area contributed by atoms with Crippen LogP contribution < -0.4 is 0 Å². The predicted molar refractivity (Wildman–Crippen MR) is 175 cm³/mol. The minimum atomic E-state index is -1.03. The highest BCUT2D eigenvalue weighted by molar-refractivity contribution is 5.69. The third kappa shape index (κ3) is 7.49. The van der Waals surface area contributed by atoms with Gasteiger partial charge in [-0.3, -0.25) is 4.79 Å². The Labute approximate surface area is 259 Å². The molecule has 0 amide bonds. The largest absolute Gasteiger partial charge is 0.466 e. The third-order valence-electron chi connectivity index (χ3n) is 13.2. The molecule has 0 aromatic carbocycles. The van der Waals surface area contributed by atoms with Gasteiger partial charge in [0.1, 0.15) is 0 Å². The fourth-order valence-electron chi connectivity index (χ4n) is 10.3. The second-order valence-electron chi connectivity index (χ2n) is 16.4. The first kappa shape index (κ1) is 35.6. The molecule has 2 N–H and O–H groups in total. The number of carbonyl (C=O) groups excluding carboxylic acids is 1. The molecule has 244 valence electrons. The lowest BCUT2D eigenvalue weighted by molar-refractivity contribution is -0.147. The van der Waals surface area contributed by atoms with Crippen LogP contribution in [0.2, 0.25) is 0 Å². The summed E-state index contributed by atoms with van der Waals surface area (Å²) < 4.78 is 5.72. The maximum absolute atomic E-state index is 12.4. The second kappa shape index (κ2) is 14.5. The zero-order valence-corrected chi connectivity index (χ0v) is 29.1. The molecule has 0 bridgehead atoms. The molecular weight excluding hydrogens is 520 g/mol. The van der Waals surface area contributed by atoms with Gasteiger partial charge in [-0.1, -0.05) is 71.4 Å². The Balaban J connectivity index is 1.67. The molecule has 3 aliphatic carbocycles. The molecule has 42 heavy (non-hydrogen) atoms. The molecule has 0 radical (unpaired) electrons. The lowest BCUT2D eigenvalue weighted by Crippen LogP contribution is -2.57. The average molecular weight is 589 g/mol. The van der Waals surface area contributed by atoms with Crippen molar-refractivity contribution in [2.24, 2.45) is 39.9 Å². The van der Waals surface area contributed by atoms with Crippen molar-refractivity contribution in [1.29, 1.82) is 0 Å². The van der Waals surface area contributed by atoms with Crippen molar-refractivity contribution in [2.45, 2.75) is 177 Å². The lowest BCUT2D eigenvalue weighted by atomic mass is 9.40. The second-order valence-corrected chi connectivity index (χ2v) is 16.4. The molecule has 0 aromatic rings. The number of fused-ring (bicyclic) bond motifs is 3. The summed E-state index contributed by atoms with van der Waals surface area (Å²) in [7, 11) is 0. The fraction of sp³-hybridized carbons (Fsp3) is 0.921. The minimum absolute atomic E-state index is 0.0104. The molecule has 3 rings (SSSR count). The van der Waals surface area contributed by atoms with Crippen LogP contribution in [0.3, 0.4) is 0 Å². The van der Waals surface area contributed by atoms with Crippen LogP contribution in [0.25, 0.3) is 0 Å². The molecule has 0 unspecified atom stereocenters. The smallest absolute Gasteiger partial charge is 0.305 e. The van der Waals surface area contributed by atoms with Crippen LogP contribution in [0.1, 0.15) is 165 Å². The lowest BCUT2D eigenvalue weighted by Gasteiger charge is -2.65. The van der Waals surface area contributed by atoms with E-state index in [4.69, 9.17) is 4.74 Å². The highest BCUT2D eigenvalue weighted by atomic mass is 16.5. The van der Waals surface area contributed by atoms with E-state index in [9.17, 15) is 15.0 Å². The molecule has 0 aromatic heterocycles. The number of aliphatic hydroxyl groups is 2. The highest BCUT2D eigenvalue weighted by Gasteiger charge is 2.66. The number of hydrogen-bond donors (Lipinski definition) is 2. The van der Waals surface area contributed by atoms with Gasteiger partial charge in [0.25, 0.3) is 0 Å². The number of allylic oxidation sites excluding steroid dienone is 2. The minimum Gasteiger partial charge on any atom is -0.466 e. The maximum Gasteiger partial charge on any atom is 0.305 e. The van der Waals surface area contributed by atoms with Crippen molar-refractivity contribution in [1.82, 2.24) is 0 Å². The average Bonchev–Trinajstić information content (AvgIpc) is 3.19. The monoisotopic (exact) mass is 589 g/mol. The van der Waals surface area contributed by atoms with E-state index in [2.05, 4.69) is 48.5 Å². The number of esters is 1. The summed E-state index contributed by atoms with van der Waals surface area (Å²) in [6, 6.07) is 0. The molecule has 3 saturated carbocycles. The van der Waals surface area contributed by atoms with E-state index < -0.39 is 11.7 Å². The van der Waals surface area contributed by atoms with Gasteiger partial charge < -0.3 is 14.9 Å². The van der Waals surface area contributed by atoms with E-state index in [-0.39, 0.29) is 11.4 Å². The van der Waals surface area contributed by atoms with Gasteiger partial charge in [0.05, 0.1) is 18.3 Å². The SMILES string of the molecule is CCCCCCCC(=O)OCCC[C@@H]1C(=C(C)C)CC[C@H]2[C@@]1(C)CC[C@@]1(C)[C@H]([C@@H](C)CC[C@@H](O)C(C)(C)O)CC[C@]21C. The van der Waals surface area contributed by atoms with Gasteiger partial charge in [0.2, 0.25) is 0 Å². The number of ether oxygens (including phenoxy) is 1. The first-order valence-electron chi connectivity index (χ1n) is 17.8. The van der Waals surface area contributed by atoms with Crippen molar-refractivity contribution >= 4 is 5.97 Å². The summed E-state index contributed by atoms with van der Waals surface area (Å²) >= 11 is 0. The molecular formula is C38H68O4. The highest BCUT2D eigenvalue weighted by Crippen LogP contribution is 2.74. The molecule has 0 spiro atoms. The number of rotatable bonds is 15. The Morgan fingerprint density at radius 3 is 2.31 bits per heavy atom. The van der Waals surface area contributed by atoms with Crippen LogP contribution >= 0.6 is 0 Å². The van der Waals surface area contributed by atoms with E-state index in [1.165, 1.54) is 63.4 Å². The van der Waals surface area contributed by atoms with Crippen molar-refractivity contribution in [3.63, 3.8) is 0 Å². The molecule has 3 fully saturated rings. The van der Waals surface area contributed by atoms with E-state index in [0.29, 0.717) is 54.0 Å². The predicted octanol–water partition coefficient (Wildman–Crippen LogP) is 9.80. The van der Waals surface area contributed by atoms with Crippen molar-refractivity contribution in [3.05, 3.63) is 11.1 Å². The Kier molecular flexibility index (Phi) is 12.3. The molecule has 0 saturated heterocycles. The number of carbonyl (C=O) groups is 1. The van der Waals surface area contributed by atoms with Gasteiger partial charge in [0, 0.05) is 6.42 Å². The zero-order valence-electron chi connectivity index (χ0n) is 29.1. The quantitative estimate of drug-likeness (QED) is 0.113. The van der Waals surface area contributed by atoms with Crippen molar-refractivity contribution in [3.8, 4) is 0 Å². The molecule has 0 aliphatic heterocycles. The topological polar surface area (TPSA) is 66.8 Å². The van der Waals surface area contributed by atoms with Crippen molar-refractivity contribution in [2.75, 3.05) is 6.61 Å². The molecule has 8 atom stereocenters. The van der Waals surface area contributed by atoms with Gasteiger partial charge in [0.15, 0.2) is 0 Å². The van der Waals surface area contributed by atoms with Gasteiger partial charge in [-0.2, -0.15) is 0 Å². The summed E-state index contributed by atoms with van der Waals surface area (Å²) in [6.45, 7) is 21.1. The van der Waals surface area contributed by atoms with Crippen LogP contribution in [0.15, 0.2) is 11.1 Å². The van der Waals surface area contributed by atoms with Crippen LogP contribution in [-0.2, 0) is 9.53 Å². The van der Waals surface area contributed by atoms with Crippen LogP contribution in [0, 0.1) is 39.9 Å². The number of unbranched alkanes of at least 4 members (excludes halogenated alkanes) is 4. The number of hydrogen-bond acceptors (Lipinski definition) is 4. The Bertz CT molecular complexity index is 913. The molecule has 4 nitrogen and oxygen atoms in total. The molecule has 4 heteroatoms. The first-order chi connectivity index (χ1) is 19.6. The third-order valence-corrected chi connectivity index (χ3v) is 13.2. The van der Waals surface area contributed by atoms with E-state index in [1.807, 2.05) is 0 Å². The zero-order chi connectivity index (χ0) is 31.3. The normalized spacial score (nSPS) is 34.5. The van der Waals surface area contributed by atoms with E-state index >= 15 is 0 Å². The van der Waals surface area contributed by atoms with Crippen LogP contribution in [0.4, 0.5) is 0 Å². The standard InChI is InChI=1S/C38H68O4/c1-10-11-12-13-14-17-34(40)42-26-15-16-31-29(27(2)3)19-20-32-36(31,7)24-25-37(8)30(22-23-38(32,37)9)28(4)18-21-33(39)35(5,6)41/h28,30-33,39,41H,10-26H2,1-9H3/t28-,30-,31+,32-,33+,36-,37-,38+/m0/s1. The van der Waals surface area contributed by atoms with Crippen molar-refractivity contribution < 1.29 is 19.7 Å². The molecule has 0 heterocycles. The Hall–Kier alpha value is -0.870. The summed E-state index contributed by atoms with van der Waals surface area (Å²) in [5, 5.41) is 20.8. The first-order valence-corrected chi connectivity index (χ1v) is 17.8. The fourth-order valence-corrected chi connectivity index (χ4v) is 10.3. The Morgan fingerprint density at radius 2 is 1.67 bits per heavy atom. The summed E-state index contributed by atoms with van der Waals surface area (Å²) in [5.74, 6) is 2.50.